The summed E-state index contributed by atoms with van der Waals surface area (Å²) in [6.45, 7) is 7.00. The van der Waals surface area contributed by atoms with Crippen LogP contribution in [-0.4, -0.2) is 59.2 Å². The summed E-state index contributed by atoms with van der Waals surface area (Å²) in [5, 5.41) is 18.8. The third kappa shape index (κ3) is 4.80. The number of rotatable bonds is 6. The van der Waals surface area contributed by atoms with Gasteiger partial charge in [0, 0.05) is 47.6 Å². The fourth-order valence-corrected chi connectivity index (χ4v) is 4.02. The number of carboxylic acid groups (broad SMARTS) is 2. The lowest BCUT2D eigenvalue weighted by Crippen LogP contribution is -2.36. The zero-order valence-corrected chi connectivity index (χ0v) is 18.5. The number of hydrogen-bond acceptors (Lipinski definition) is 5. The number of carbonyl (C=O) groups is 2. The van der Waals surface area contributed by atoms with E-state index in [4.69, 9.17) is 4.74 Å². The van der Waals surface area contributed by atoms with Gasteiger partial charge in [0.05, 0.1) is 30.0 Å². The van der Waals surface area contributed by atoms with E-state index in [9.17, 15) is 19.8 Å². The number of nitrogens with zero attached hydrogens (tertiary/aromatic N) is 3. The molecule has 1 saturated heterocycles. The lowest BCUT2D eigenvalue weighted by atomic mass is 10.1. The monoisotopic (exact) mass is 447 g/mol. The van der Waals surface area contributed by atoms with Crippen LogP contribution in [0.3, 0.4) is 0 Å². The minimum absolute atomic E-state index is 0.0759. The Kier molecular flexibility index (Phi) is 6.28. The van der Waals surface area contributed by atoms with Gasteiger partial charge in [-0.25, -0.2) is 9.59 Å². The van der Waals surface area contributed by atoms with Gasteiger partial charge in [-0.1, -0.05) is 0 Å². The highest BCUT2D eigenvalue weighted by Crippen LogP contribution is 2.24. The van der Waals surface area contributed by atoms with Gasteiger partial charge in [0.25, 0.3) is 0 Å². The molecular weight excluding hydrogens is 422 g/mol. The van der Waals surface area contributed by atoms with Gasteiger partial charge >= 0.3 is 11.9 Å². The Morgan fingerprint density at radius 3 is 2.09 bits per heavy atom. The summed E-state index contributed by atoms with van der Waals surface area (Å²) in [7, 11) is 0. The third-order valence-electron chi connectivity index (χ3n) is 5.72. The number of hydrogen-bond donors (Lipinski definition) is 2. The van der Waals surface area contributed by atoms with Crippen molar-refractivity contribution in [1.29, 1.82) is 0 Å². The summed E-state index contributed by atoms with van der Waals surface area (Å²) >= 11 is 0. The number of ether oxygens (including phenoxy) is 1. The fraction of sp³-hybridized carbons (Fsp3) is 0.240. The predicted molar refractivity (Wildman–Crippen MR) is 126 cm³/mol. The van der Waals surface area contributed by atoms with E-state index in [1.165, 1.54) is 12.1 Å². The van der Waals surface area contributed by atoms with Crippen molar-refractivity contribution < 1.29 is 24.5 Å². The molecule has 4 rings (SSSR count). The molecular formula is C25H25N3O5. The Hall–Kier alpha value is -3.91. The summed E-state index contributed by atoms with van der Waals surface area (Å²) in [6.07, 6.45) is 1.77. The second-order valence-electron chi connectivity index (χ2n) is 7.91. The van der Waals surface area contributed by atoms with Gasteiger partial charge in [-0.3, -0.25) is 4.99 Å². The highest BCUT2D eigenvalue weighted by Gasteiger charge is 2.16. The molecule has 2 aromatic carbocycles. The Labute approximate surface area is 191 Å². The van der Waals surface area contributed by atoms with E-state index in [0.29, 0.717) is 5.69 Å². The van der Waals surface area contributed by atoms with E-state index in [1.807, 2.05) is 48.7 Å². The summed E-state index contributed by atoms with van der Waals surface area (Å²) < 4.78 is 7.23. The number of carboxylic acids is 2. The summed E-state index contributed by atoms with van der Waals surface area (Å²) in [5.74, 6) is -2.35. The van der Waals surface area contributed by atoms with Crippen LogP contribution in [-0.2, 0) is 4.74 Å². The zero-order valence-electron chi connectivity index (χ0n) is 18.5. The molecule has 1 aromatic heterocycles. The van der Waals surface area contributed by atoms with Crippen molar-refractivity contribution in [2.75, 3.05) is 31.2 Å². The van der Waals surface area contributed by atoms with Crippen LogP contribution in [0.15, 0.2) is 53.5 Å². The first kappa shape index (κ1) is 22.3. The Balaban J connectivity index is 1.61. The topological polar surface area (TPSA) is 104 Å². The lowest BCUT2D eigenvalue weighted by molar-refractivity contribution is 0.0696. The van der Waals surface area contributed by atoms with Gasteiger partial charge in [0.15, 0.2) is 0 Å². The van der Waals surface area contributed by atoms with Gasteiger partial charge in [-0.15, -0.1) is 0 Å². The van der Waals surface area contributed by atoms with E-state index in [2.05, 4.69) is 9.89 Å². The average Bonchev–Trinajstić information content (AvgIpc) is 3.11. The molecule has 1 fully saturated rings. The molecule has 1 aliphatic rings. The summed E-state index contributed by atoms with van der Waals surface area (Å²) in [6, 6.07) is 14.1. The molecule has 3 aromatic rings. The van der Waals surface area contributed by atoms with E-state index >= 15 is 0 Å². The molecule has 0 amide bonds. The molecule has 0 atom stereocenters. The first-order valence-corrected chi connectivity index (χ1v) is 10.6. The maximum Gasteiger partial charge on any atom is 0.335 e. The van der Waals surface area contributed by atoms with Crippen LogP contribution in [0.4, 0.5) is 11.4 Å². The highest BCUT2D eigenvalue weighted by atomic mass is 16.5. The predicted octanol–water partition coefficient (Wildman–Crippen LogP) is 4.08. The van der Waals surface area contributed by atoms with Gasteiger partial charge in [-0.05, 0) is 62.4 Å². The van der Waals surface area contributed by atoms with Crippen LogP contribution in [0.5, 0.6) is 0 Å². The van der Waals surface area contributed by atoms with Gasteiger partial charge < -0.3 is 24.4 Å². The van der Waals surface area contributed by atoms with Crippen molar-refractivity contribution >= 4 is 29.5 Å². The SMILES string of the molecule is Cc1cc(C=Nc2ccc(N3CCOCC3)cc2)c(C)n1-c1cc(C(=O)O)cc(C(=O)O)c1. The number of benzene rings is 2. The largest absolute Gasteiger partial charge is 0.478 e. The molecule has 0 spiro atoms. The highest BCUT2D eigenvalue weighted by molar-refractivity contribution is 5.95. The van der Waals surface area contributed by atoms with Gasteiger partial charge in [0.1, 0.15) is 0 Å². The number of aromatic carboxylic acids is 2. The number of aryl methyl sites for hydroxylation is 1. The van der Waals surface area contributed by atoms with Gasteiger partial charge in [-0.2, -0.15) is 0 Å². The van der Waals surface area contributed by atoms with Crippen LogP contribution >= 0.6 is 0 Å². The van der Waals surface area contributed by atoms with Crippen molar-refractivity contribution in [3.63, 3.8) is 0 Å². The van der Waals surface area contributed by atoms with Gasteiger partial charge in [0.2, 0.25) is 0 Å². The van der Waals surface area contributed by atoms with Crippen molar-refractivity contribution in [1.82, 2.24) is 4.57 Å². The number of aromatic nitrogens is 1. The Morgan fingerprint density at radius 2 is 1.52 bits per heavy atom. The molecule has 1 aliphatic heterocycles. The molecule has 8 nitrogen and oxygen atoms in total. The molecule has 2 N–H and O–H groups in total. The molecule has 33 heavy (non-hydrogen) atoms. The second kappa shape index (κ2) is 9.30. The first-order chi connectivity index (χ1) is 15.8. The molecule has 170 valence electrons. The van der Waals surface area contributed by atoms with Crippen LogP contribution in [0, 0.1) is 13.8 Å². The van der Waals surface area contributed by atoms with E-state index in [0.717, 1.165) is 60.7 Å². The molecule has 2 heterocycles. The van der Waals surface area contributed by atoms with Crippen LogP contribution < -0.4 is 4.90 Å². The first-order valence-electron chi connectivity index (χ1n) is 10.6. The average molecular weight is 447 g/mol. The maximum atomic E-state index is 11.5. The van der Waals surface area contributed by atoms with Crippen LogP contribution in [0.2, 0.25) is 0 Å². The van der Waals surface area contributed by atoms with Crippen molar-refractivity contribution in [3.05, 3.63) is 76.6 Å². The van der Waals surface area contributed by atoms with Crippen molar-refractivity contribution in [2.45, 2.75) is 13.8 Å². The second-order valence-corrected chi connectivity index (χ2v) is 7.91. The van der Waals surface area contributed by atoms with E-state index < -0.39 is 11.9 Å². The van der Waals surface area contributed by atoms with E-state index in [-0.39, 0.29) is 11.1 Å². The molecule has 0 bridgehead atoms. The number of aliphatic imine (C=N–C) groups is 1. The Morgan fingerprint density at radius 1 is 0.909 bits per heavy atom. The quantitative estimate of drug-likeness (QED) is 0.552. The minimum Gasteiger partial charge on any atom is -0.478 e. The summed E-state index contributed by atoms with van der Waals surface area (Å²) in [4.78, 5) is 29.8. The third-order valence-corrected chi connectivity index (χ3v) is 5.72. The minimum atomic E-state index is -1.18. The molecule has 8 heteroatoms. The smallest absolute Gasteiger partial charge is 0.335 e. The van der Waals surface area contributed by atoms with Crippen LogP contribution in [0.25, 0.3) is 5.69 Å². The molecule has 0 saturated carbocycles. The zero-order chi connectivity index (χ0) is 23.5. The van der Waals surface area contributed by atoms with E-state index in [1.54, 1.807) is 6.21 Å². The summed E-state index contributed by atoms with van der Waals surface area (Å²) in [5.41, 5.74) is 4.83. The van der Waals surface area contributed by atoms with Crippen molar-refractivity contribution in [2.24, 2.45) is 4.99 Å². The standard InChI is InChI=1S/C25H25N3O5/c1-16-11-20(15-26-21-3-5-22(6-4-21)27-7-9-33-10-8-27)17(2)28(16)23-13-18(24(29)30)12-19(14-23)25(31)32/h3-6,11-15H,7-10H2,1-2H3,(H,29,30)(H,31,32). The number of morpholine rings is 1. The van der Waals surface area contributed by atoms with Crippen molar-refractivity contribution in [3.8, 4) is 5.69 Å². The molecule has 0 aliphatic carbocycles. The molecule has 0 radical (unpaired) electrons. The number of anilines is 1. The van der Waals surface area contributed by atoms with Crippen LogP contribution in [0.1, 0.15) is 37.7 Å². The maximum absolute atomic E-state index is 11.5. The normalized spacial score (nSPS) is 14.1. The molecule has 0 unspecified atom stereocenters. The Bertz CT molecular complexity index is 1190. The lowest BCUT2D eigenvalue weighted by Gasteiger charge is -2.28. The fourth-order valence-electron chi connectivity index (χ4n) is 4.02.